The summed E-state index contributed by atoms with van der Waals surface area (Å²) >= 11 is 3.46. The summed E-state index contributed by atoms with van der Waals surface area (Å²) in [7, 11) is 3.11. The van der Waals surface area contributed by atoms with Crippen molar-refractivity contribution < 1.29 is 14.3 Å². The zero-order valence-electron chi connectivity index (χ0n) is 17.5. The van der Waals surface area contributed by atoms with Crippen LogP contribution in [0.3, 0.4) is 0 Å². The summed E-state index contributed by atoms with van der Waals surface area (Å²) in [5.41, 5.74) is 4.60. The van der Waals surface area contributed by atoms with E-state index in [1.165, 1.54) is 6.21 Å². The molecule has 1 aromatic heterocycles. The molecule has 1 amide bonds. The van der Waals surface area contributed by atoms with E-state index in [-0.39, 0.29) is 17.9 Å². The lowest BCUT2D eigenvalue weighted by atomic mass is 10.1. The van der Waals surface area contributed by atoms with E-state index < -0.39 is 0 Å². The third-order valence-corrected chi connectivity index (χ3v) is 5.76. The number of benzene rings is 3. The highest BCUT2D eigenvalue weighted by Crippen LogP contribution is 2.32. The summed E-state index contributed by atoms with van der Waals surface area (Å²) in [4.78, 5) is 25.5. The Hall–Kier alpha value is -3.65. The maximum atomic E-state index is 12.8. The van der Waals surface area contributed by atoms with Crippen molar-refractivity contribution in [1.29, 1.82) is 0 Å². The SMILES string of the molecule is COc1cc(Br)c(/C=N\NC(=O)Cn2c3ccccc3c(=O)c3ccccc32)cc1OC. The number of nitrogens with zero attached hydrogens (tertiary/aromatic N) is 2. The molecule has 4 rings (SSSR count). The Balaban J connectivity index is 1.62. The van der Waals surface area contributed by atoms with E-state index in [0.717, 1.165) is 4.47 Å². The summed E-state index contributed by atoms with van der Waals surface area (Å²) in [6, 6.07) is 18.0. The van der Waals surface area contributed by atoms with E-state index >= 15 is 0 Å². The fraction of sp³-hybridized carbons (Fsp3) is 0.125. The van der Waals surface area contributed by atoms with Gasteiger partial charge in [0.15, 0.2) is 16.9 Å². The van der Waals surface area contributed by atoms with Gasteiger partial charge in [-0.25, -0.2) is 5.43 Å². The lowest BCUT2D eigenvalue weighted by Gasteiger charge is -2.14. The average molecular weight is 494 g/mol. The minimum absolute atomic E-state index is 0.00570. The number of pyridine rings is 1. The molecule has 1 N–H and O–H groups in total. The number of nitrogens with one attached hydrogen (secondary N) is 1. The van der Waals surface area contributed by atoms with Crippen molar-refractivity contribution in [2.75, 3.05) is 14.2 Å². The standard InChI is InChI=1S/C24H20BrN3O4/c1-31-21-11-15(18(25)12-22(21)32-2)13-26-27-23(29)14-28-19-9-5-3-7-16(19)24(30)17-8-4-6-10-20(17)28/h3-13H,14H2,1-2H3,(H,27,29)/b26-13-. The maximum Gasteiger partial charge on any atom is 0.260 e. The molecular formula is C24H20BrN3O4. The lowest BCUT2D eigenvalue weighted by Crippen LogP contribution is -2.25. The Kier molecular flexibility index (Phi) is 6.23. The Morgan fingerprint density at radius 2 is 1.56 bits per heavy atom. The summed E-state index contributed by atoms with van der Waals surface area (Å²) in [5.74, 6) is 0.809. The summed E-state index contributed by atoms with van der Waals surface area (Å²) in [5, 5.41) is 5.21. The topological polar surface area (TPSA) is 81.9 Å². The molecule has 0 aliphatic rings. The van der Waals surface area contributed by atoms with Gasteiger partial charge >= 0.3 is 0 Å². The van der Waals surface area contributed by atoms with Crippen molar-refractivity contribution in [3.63, 3.8) is 0 Å². The second kappa shape index (κ2) is 9.23. The number of methoxy groups -OCH3 is 2. The van der Waals surface area contributed by atoms with Crippen molar-refractivity contribution >= 4 is 49.9 Å². The molecule has 0 saturated heterocycles. The molecule has 8 heteroatoms. The van der Waals surface area contributed by atoms with Crippen LogP contribution >= 0.6 is 15.9 Å². The monoisotopic (exact) mass is 493 g/mol. The van der Waals surface area contributed by atoms with Gasteiger partial charge < -0.3 is 14.0 Å². The van der Waals surface area contributed by atoms with Crippen LogP contribution in [0.5, 0.6) is 11.5 Å². The van der Waals surface area contributed by atoms with Crippen molar-refractivity contribution in [3.05, 3.63) is 80.9 Å². The van der Waals surface area contributed by atoms with Crippen LogP contribution in [-0.2, 0) is 11.3 Å². The number of hydrogen-bond acceptors (Lipinski definition) is 5. The molecule has 0 saturated carbocycles. The van der Waals surface area contributed by atoms with Gasteiger partial charge in [0.2, 0.25) is 0 Å². The first-order chi connectivity index (χ1) is 15.5. The number of hydrogen-bond donors (Lipinski definition) is 1. The Labute approximate surface area is 192 Å². The van der Waals surface area contributed by atoms with Gasteiger partial charge in [0.05, 0.1) is 31.5 Å². The molecule has 3 aromatic carbocycles. The number of para-hydroxylation sites is 2. The predicted octanol–water partition coefficient (Wildman–Crippen LogP) is 4.08. The van der Waals surface area contributed by atoms with Crippen LogP contribution in [0.15, 0.2) is 75.0 Å². The zero-order chi connectivity index (χ0) is 22.7. The Bertz CT molecular complexity index is 1350. The van der Waals surface area contributed by atoms with Crippen molar-refractivity contribution in [3.8, 4) is 11.5 Å². The molecule has 32 heavy (non-hydrogen) atoms. The largest absolute Gasteiger partial charge is 0.493 e. The summed E-state index contributed by atoms with van der Waals surface area (Å²) in [6.45, 7) is 0.00570. The predicted molar refractivity (Wildman–Crippen MR) is 129 cm³/mol. The maximum absolute atomic E-state index is 12.8. The Morgan fingerprint density at radius 3 is 2.16 bits per heavy atom. The normalized spacial score (nSPS) is 11.2. The number of ether oxygens (including phenoxy) is 2. The number of fused-ring (bicyclic) bond motifs is 2. The Morgan fingerprint density at radius 1 is 1.00 bits per heavy atom. The van der Waals surface area contributed by atoms with E-state index in [9.17, 15) is 9.59 Å². The third kappa shape index (κ3) is 4.09. The van der Waals surface area contributed by atoms with E-state index in [4.69, 9.17) is 9.47 Å². The highest BCUT2D eigenvalue weighted by atomic mass is 79.9. The van der Waals surface area contributed by atoms with Crippen LogP contribution in [0, 0.1) is 0 Å². The molecule has 0 aliphatic carbocycles. The van der Waals surface area contributed by atoms with Gasteiger partial charge in [-0.2, -0.15) is 5.10 Å². The molecule has 162 valence electrons. The van der Waals surface area contributed by atoms with Gasteiger partial charge in [0, 0.05) is 20.8 Å². The van der Waals surface area contributed by atoms with Gasteiger partial charge in [0.25, 0.3) is 5.91 Å². The van der Waals surface area contributed by atoms with Crippen LogP contribution in [-0.4, -0.2) is 30.9 Å². The molecule has 1 heterocycles. The van der Waals surface area contributed by atoms with Crippen molar-refractivity contribution in [1.82, 2.24) is 9.99 Å². The number of halogens is 1. The molecule has 0 atom stereocenters. The van der Waals surface area contributed by atoms with E-state index in [0.29, 0.717) is 38.9 Å². The molecular weight excluding hydrogens is 474 g/mol. The van der Waals surface area contributed by atoms with Gasteiger partial charge in [0.1, 0.15) is 6.54 Å². The molecule has 0 radical (unpaired) electrons. The van der Waals surface area contributed by atoms with Gasteiger partial charge in [-0.3, -0.25) is 9.59 Å². The number of carbonyl (C=O) groups excluding carboxylic acids is 1. The molecule has 4 aromatic rings. The van der Waals surface area contributed by atoms with Crippen LogP contribution in [0.2, 0.25) is 0 Å². The third-order valence-electron chi connectivity index (χ3n) is 5.08. The van der Waals surface area contributed by atoms with Crippen LogP contribution < -0.4 is 20.3 Å². The van der Waals surface area contributed by atoms with Gasteiger partial charge in [-0.05, 0) is 52.3 Å². The van der Waals surface area contributed by atoms with E-state index in [2.05, 4.69) is 26.5 Å². The number of rotatable bonds is 6. The minimum Gasteiger partial charge on any atom is -0.493 e. The average Bonchev–Trinajstić information content (AvgIpc) is 2.82. The smallest absolute Gasteiger partial charge is 0.260 e. The lowest BCUT2D eigenvalue weighted by molar-refractivity contribution is -0.121. The van der Waals surface area contributed by atoms with Crippen molar-refractivity contribution in [2.45, 2.75) is 6.54 Å². The minimum atomic E-state index is -0.322. The second-order valence-corrected chi connectivity index (χ2v) is 7.83. The summed E-state index contributed by atoms with van der Waals surface area (Å²) < 4.78 is 13.1. The number of aromatic nitrogens is 1. The molecule has 0 unspecified atom stereocenters. The van der Waals surface area contributed by atoms with Crippen LogP contribution in [0.25, 0.3) is 21.8 Å². The quantitative estimate of drug-likeness (QED) is 0.249. The molecule has 0 bridgehead atoms. The van der Waals surface area contributed by atoms with Crippen molar-refractivity contribution in [2.24, 2.45) is 5.10 Å². The van der Waals surface area contributed by atoms with Crippen LogP contribution in [0.4, 0.5) is 0 Å². The summed E-state index contributed by atoms with van der Waals surface area (Å²) in [6.07, 6.45) is 1.52. The first-order valence-electron chi connectivity index (χ1n) is 9.77. The molecule has 0 aliphatic heterocycles. The first-order valence-corrected chi connectivity index (χ1v) is 10.6. The molecule has 0 fully saturated rings. The molecule has 0 spiro atoms. The second-order valence-electron chi connectivity index (χ2n) is 6.97. The highest BCUT2D eigenvalue weighted by molar-refractivity contribution is 9.10. The highest BCUT2D eigenvalue weighted by Gasteiger charge is 2.13. The zero-order valence-corrected chi connectivity index (χ0v) is 19.0. The molecule has 7 nitrogen and oxygen atoms in total. The van der Waals surface area contributed by atoms with E-state index in [1.54, 1.807) is 38.5 Å². The number of carbonyl (C=O) groups is 1. The fourth-order valence-corrected chi connectivity index (χ4v) is 3.99. The number of amides is 1. The fourth-order valence-electron chi connectivity index (χ4n) is 3.57. The van der Waals surface area contributed by atoms with Gasteiger partial charge in [-0.1, -0.05) is 24.3 Å². The van der Waals surface area contributed by atoms with Gasteiger partial charge in [-0.15, -0.1) is 0 Å². The first kappa shape index (κ1) is 21.6. The van der Waals surface area contributed by atoms with E-state index in [1.807, 2.05) is 41.0 Å². The number of hydrazone groups is 1. The van der Waals surface area contributed by atoms with Crippen LogP contribution in [0.1, 0.15) is 5.56 Å².